The molecule has 0 saturated carbocycles. The van der Waals surface area contributed by atoms with Crippen molar-refractivity contribution in [3.05, 3.63) is 113 Å². The summed E-state index contributed by atoms with van der Waals surface area (Å²) in [6.45, 7) is 2.94. The molecule has 0 radical (unpaired) electrons. The normalized spacial score (nSPS) is 17.7. The van der Waals surface area contributed by atoms with Gasteiger partial charge in [-0.25, -0.2) is 0 Å². The molecule has 0 spiro atoms. The van der Waals surface area contributed by atoms with Gasteiger partial charge in [0.2, 0.25) is 5.91 Å². The molecular weight excluding hydrogens is 504 g/mol. The van der Waals surface area contributed by atoms with E-state index in [0.29, 0.717) is 29.7 Å². The van der Waals surface area contributed by atoms with Gasteiger partial charge in [0, 0.05) is 35.8 Å². The van der Waals surface area contributed by atoms with Crippen LogP contribution in [0.4, 0.5) is 0 Å². The lowest BCUT2D eigenvalue weighted by molar-refractivity contribution is -0.130. The number of likely N-dealkylation sites (tertiary alicyclic amines) is 1. The molecule has 4 aromatic rings. The van der Waals surface area contributed by atoms with Crippen molar-refractivity contribution in [2.75, 3.05) is 13.1 Å². The van der Waals surface area contributed by atoms with E-state index in [9.17, 15) is 9.59 Å². The van der Waals surface area contributed by atoms with E-state index in [1.807, 2.05) is 101 Å². The Morgan fingerprint density at radius 1 is 0.872 bits per heavy atom. The van der Waals surface area contributed by atoms with Gasteiger partial charge in [0.15, 0.2) is 5.17 Å². The van der Waals surface area contributed by atoms with E-state index in [4.69, 9.17) is 4.99 Å². The highest BCUT2D eigenvalue weighted by molar-refractivity contribution is 8.18. The molecule has 196 valence electrons. The third-order valence-corrected chi connectivity index (χ3v) is 8.23. The number of carbonyl (C=O) groups excluding carboxylic acids is 2. The molecule has 6 nitrogen and oxygen atoms in total. The lowest BCUT2D eigenvalue weighted by Gasteiger charge is -2.16. The van der Waals surface area contributed by atoms with E-state index < -0.39 is 0 Å². The number of aromatic nitrogens is 1. The van der Waals surface area contributed by atoms with E-state index in [1.165, 1.54) is 11.8 Å². The summed E-state index contributed by atoms with van der Waals surface area (Å²) in [4.78, 5) is 35.8. The van der Waals surface area contributed by atoms with Gasteiger partial charge in [-0.1, -0.05) is 78.9 Å². The Morgan fingerprint density at radius 2 is 1.54 bits per heavy atom. The van der Waals surface area contributed by atoms with Crippen molar-refractivity contribution in [3.8, 4) is 0 Å². The molecule has 0 unspecified atom stereocenters. The van der Waals surface area contributed by atoms with Gasteiger partial charge >= 0.3 is 0 Å². The van der Waals surface area contributed by atoms with E-state index in [-0.39, 0.29) is 11.8 Å². The molecule has 0 bridgehead atoms. The van der Waals surface area contributed by atoms with Gasteiger partial charge in [-0.3, -0.25) is 19.5 Å². The molecule has 39 heavy (non-hydrogen) atoms. The molecule has 2 amide bonds. The molecule has 0 N–H and O–H groups in total. The fourth-order valence-corrected chi connectivity index (χ4v) is 6.11. The van der Waals surface area contributed by atoms with Crippen molar-refractivity contribution in [1.29, 1.82) is 0 Å². The quantitative estimate of drug-likeness (QED) is 0.276. The van der Waals surface area contributed by atoms with Crippen LogP contribution >= 0.6 is 11.8 Å². The number of amides is 2. The van der Waals surface area contributed by atoms with E-state index in [2.05, 4.69) is 6.07 Å². The SMILES string of the molecule is O=C(Cn1cc(/C=C2/SC(=NCc3ccccc3)N(Cc3ccccc3)C2=O)c2ccccc21)N1CCCC1. The lowest BCUT2D eigenvalue weighted by Crippen LogP contribution is -2.30. The molecule has 2 fully saturated rings. The summed E-state index contributed by atoms with van der Waals surface area (Å²) in [5, 5.41) is 1.73. The van der Waals surface area contributed by atoms with E-state index in [0.717, 1.165) is 53.5 Å². The Morgan fingerprint density at radius 3 is 2.28 bits per heavy atom. The van der Waals surface area contributed by atoms with Crippen molar-refractivity contribution >= 4 is 45.7 Å². The molecule has 2 saturated heterocycles. The van der Waals surface area contributed by atoms with Gasteiger partial charge in [0.1, 0.15) is 6.54 Å². The fourth-order valence-electron chi connectivity index (χ4n) is 5.15. The topological polar surface area (TPSA) is 57.9 Å². The van der Waals surface area contributed by atoms with Crippen LogP contribution in [-0.2, 0) is 29.2 Å². The van der Waals surface area contributed by atoms with Crippen LogP contribution in [0.5, 0.6) is 0 Å². The van der Waals surface area contributed by atoms with Crippen LogP contribution in [0.1, 0.15) is 29.5 Å². The summed E-state index contributed by atoms with van der Waals surface area (Å²) in [5.74, 6) is 0.0868. The molecule has 2 aliphatic rings. The van der Waals surface area contributed by atoms with Crippen LogP contribution in [0.25, 0.3) is 17.0 Å². The Labute approximate surface area is 232 Å². The maximum absolute atomic E-state index is 13.7. The number of rotatable bonds is 7. The van der Waals surface area contributed by atoms with Gasteiger partial charge < -0.3 is 9.47 Å². The third kappa shape index (κ3) is 5.54. The zero-order chi connectivity index (χ0) is 26.6. The average molecular weight is 535 g/mol. The Kier molecular flexibility index (Phi) is 7.32. The van der Waals surface area contributed by atoms with Crippen molar-refractivity contribution in [3.63, 3.8) is 0 Å². The smallest absolute Gasteiger partial charge is 0.267 e. The number of thioether (sulfide) groups is 1. The van der Waals surface area contributed by atoms with Crippen molar-refractivity contribution in [2.24, 2.45) is 4.99 Å². The molecule has 3 aromatic carbocycles. The average Bonchev–Trinajstić information content (AvgIpc) is 3.70. The highest BCUT2D eigenvalue weighted by atomic mass is 32.2. The Balaban J connectivity index is 1.32. The van der Waals surface area contributed by atoms with E-state index >= 15 is 0 Å². The monoisotopic (exact) mass is 534 g/mol. The highest BCUT2D eigenvalue weighted by Crippen LogP contribution is 2.35. The second-order valence-electron chi connectivity index (χ2n) is 9.89. The molecule has 1 aromatic heterocycles. The van der Waals surface area contributed by atoms with Crippen LogP contribution in [0.2, 0.25) is 0 Å². The molecule has 2 aliphatic heterocycles. The molecular formula is C32H30N4O2S. The van der Waals surface area contributed by atoms with Gasteiger partial charge in [0.05, 0.1) is 18.0 Å². The maximum atomic E-state index is 13.7. The number of para-hydroxylation sites is 1. The molecule has 3 heterocycles. The highest BCUT2D eigenvalue weighted by Gasteiger charge is 2.33. The minimum absolute atomic E-state index is 0.0550. The largest absolute Gasteiger partial charge is 0.341 e. The number of hydrogen-bond acceptors (Lipinski definition) is 4. The van der Waals surface area contributed by atoms with Gasteiger partial charge in [-0.15, -0.1) is 0 Å². The number of benzene rings is 3. The predicted octanol–water partition coefficient (Wildman–Crippen LogP) is 5.94. The van der Waals surface area contributed by atoms with Crippen LogP contribution < -0.4 is 0 Å². The van der Waals surface area contributed by atoms with Gasteiger partial charge in [0.25, 0.3) is 5.91 Å². The third-order valence-electron chi connectivity index (χ3n) is 7.18. The summed E-state index contributed by atoms with van der Waals surface area (Å²) in [6.07, 6.45) is 6.10. The van der Waals surface area contributed by atoms with Crippen LogP contribution in [0, 0.1) is 0 Å². The second kappa shape index (κ2) is 11.3. The maximum Gasteiger partial charge on any atom is 0.267 e. The minimum Gasteiger partial charge on any atom is -0.341 e. The number of nitrogens with zero attached hydrogens (tertiary/aromatic N) is 4. The first kappa shape index (κ1) is 25.2. The van der Waals surface area contributed by atoms with Crippen molar-refractivity contribution in [2.45, 2.75) is 32.5 Å². The number of hydrogen-bond donors (Lipinski definition) is 0. The predicted molar refractivity (Wildman–Crippen MR) is 158 cm³/mol. The molecule has 0 aliphatic carbocycles. The first-order chi connectivity index (χ1) is 19.2. The van der Waals surface area contributed by atoms with Crippen LogP contribution in [0.3, 0.4) is 0 Å². The summed E-state index contributed by atoms with van der Waals surface area (Å²) in [6, 6.07) is 28.1. The number of aliphatic imine (C=N–C) groups is 1. The first-order valence-electron chi connectivity index (χ1n) is 13.3. The zero-order valence-electron chi connectivity index (χ0n) is 21.7. The van der Waals surface area contributed by atoms with Crippen molar-refractivity contribution < 1.29 is 9.59 Å². The second-order valence-corrected chi connectivity index (χ2v) is 10.9. The van der Waals surface area contributed by atoms with Gasteiger partial charge in [-0.05, 0) is 47.9 Å². The zero-order valence-corrected chi connectivity index (χ0v) is 22.5. The number of amidine groups is 1. The van der Waals surface area contributed by atoms with Crippen molar-refractivity contribution in [1.82, 2.24) is 14.4 Å². The summed E-state index contributed by atoms with van der Waals surface area (Å²) < 4.78 is 2.01. The number of fused-ring (bicyclic) bond motifs is 1. The van der Waals surface area contributed by atoms with E-state index in [1.54, 1.807) is 4.90 Å². The standard InChI is InChI=1S/C32H30N4O2S/c37-30(34-17-9-10-18-34)23-35-22-26(27-15-7-8-16-28(27)35)19-29-31(38)36(21-25-13-5-2-6-14-25)32(39-29)33-20-24-11-3-1-4-12-24/h1-8,11-16,19,22H,9-10,17-18,20-21,23H2/b29-19+,33-32?. The Hall–Kier alpha value is -4.10. The Bertz CT molecular complexity index is 1550. The fraction of sp³-hybridized carbons (Fsp3) is 0.219. The van der Waals surface area contributed by atoms with Gasteiger partial charge in [-0.2, -0.15) is 0 Å². The first-order valence-corrected chi connectivity index (χ1v) is 14.2. The molecule has 0 atom stereocenters. The van der Waals surface area contributed by atoms with Crippen LogP contribution in [-0.4, -0.2) is 44.4 Å². The molecule has 7 heteroatoms. The molecule has 6 rings (SSSR count). The summed E-state index contributed by atoms with van der Waals surface area (Å²) in [7, 11) is 0. The minimum atomic E-state index is -0.0550. The van der Waals surface area contributed by atoms with Crippen LogP contribution in [0.15, 0.2) is 101 Å². The lowest BCUT2D eigenvalue weighted by atomic mass is 10.1. The summed E-state index contributed by atoms with van der Waals surface area (Å²) >= 11 is 1.42. The summed E-state index contributed by atoms with van der Waals surface area (Å²) in [5.41, 5.74) is 4.07. The number of carbonyl (C=O) groups is 2.